The molecule has 6 heteroatoms. The van der Waals surface area contributed by atoms with Gasteiger partial charge in [0.2, 0.25) is 5.78 Å². The van der Waals surface area contributed by atoms with E-state index in [1.165, 1.54) is 0 Å². The van der Waals surface area contributed by atoms with Crippen LogP contribution in [0.3, 0.4) is 0 Å². The van der Waals surface area contributed by atoms with Crippen LogP contribution in [-0.2, 0) is 6.42 Å². The second kappa shape index (κ2) is 5.16. The number of fused-ring (bicyclic) bond motifs is 2. The minimum atomic E-state index is -1.50. The van der Waals surface area contributed by atoms with Gasteiger partial charge in [0.05, 0.1) is 5.56 Å². The number of anilines is 1. The van der Waals surface area contributed by atoms with E-state index < -0.39 is 5.60 Å². The molecule has 0 saturated carbocycles. The average molecular weight is 347 g/mol. The van der Waals surface area contributed by atoms with Crippen molar-refractivity contribution in [2.75, 3.05) is 11.9 Å². The summed E-state index contributed by atoms with van der Waals surface area (Å²) in [6.45, 7) is 2.53. The Morgan fingerprint density at radius 3 is 2.78 bits per heavy atom. The number of thiophene rings is 1. The molecule has 1 aromatic heterocycles. The maximum atomic E-state index is 13.0. The van der Waals surface area contributed by atoms with Crippen LogP contribution in [0.2, 0.25) is 5.02 Å². The number of hydrogen-bond acceptors (Lipinski definition) is 5. The molecule has 4 rings (SSSR count). The van der Waals surface area contributed by atoms with E-state index in [2.05, 4.69) is 17.2 Å². The fourth-order valence-electron chi connectivity index (χ4n) is 3.21. The molecule has 0 fully saturated rings. The molecule has 23 heavy (non-hydrogen) atoms. The molecule has 3 heterocycles. The van der Waals surface area contributed by atoms with Crippen LogP contribution >= 0.6 is 22.9 Å². The zero-order valence-electron chi connectivity index (χ0n) is 12.5. The van der Waals surface area contributed by atoms with Crippen molar-refractivity contribution in [3.8, 4) is 11.1 Å². The Bertz CT molecular complexity index is 841. The van der Waals surface area contributed by atoms with Crippen molar-refractivity contribution >= 4 is 39.6 Å². The van der Waals surface area contributed by atoms with E-state index in [9.17, 15) is 9.90 Å². The molecule has 0 unspecified atom stereocenters. The SMILES string of the molecule is CCc1sc2c(c1-c1ccc(Cl)cc1)C(=O)[C@]1(O)CCN=C1N2. The van der Waals surface area contributed by atoms with E-state index in [1.54, 1.807) is 11.3 Å². The third-order valence-corrected chi connectivity index (χ3v) is 5.91. The molecular weight excluding hydrogens is 332 g/mol. The van der Waals surface area contributed by atoms with E-state index in [1.807, 2.05) is 24.3 Å². The minimum Gasteiger partial charge on any atom is -0.374 e. The van der Waals surface area contributed by atoms with Crippen LogP contribution in [0.4, 0.5) is 5.00 Å². The largest absolute Gasteiger partial charge is 0.374 e. The number of rotatable bonds is 2. The standard InChI is InChI=1S/C17H15ClN2O2S/c1-2-11-12(9-3-5-10(18)6-4-9)13-14(21)17(22)7-8-19-16(17)20-15(13)23-11/h3-6,22H,2,7-8H2,1H3,(H,19,20)/t17-/m1/s1. The van der Waals surface area contributed by atoms with E-state index in [4.69, 9.17) is 11.6 Å². The lowest BCUT2D eigenvalue weighted by Crippen LogP contribution is -2.50. The summed E-state index contributed by atoms with van der Waals surface area (Å²) >= 11 is 7.54. The Morgan fingerprint density at radius 2 is 2.09 bits per heavy atom. The number of hydrogen-bond donors (Lipinski definition) is 2. The number of aliphatic hydroxyl groups is 1. The molecule has 0 spiro atoms. The molecule has 0 bridgehead atoms. The van der Waals surface area contributed by atoms with Crippen molar-refractivity contribution in [1.82, 2.24) is 0 Å². The van der Waals surface area contributed by atoms with Gasteiger partial charge in [0, 0.05) is 28.4 Å². The first-order chi connectivity index (χ1) is 11.0. The van der Waals surface area contributed by atoms with Gasteiger partial charge in [-0.1, -0.05) is 30.7 Å². The number of Topliss-reactive ketones (excluding diaryl/α,β-unsaturated/α-hetero) is 1. The predicted octanol–water partition coefficient (Wildman–Crippen LogP) is 3.77. The zero-order chi connectivity index (χ0) is 16.2. The summed E-state index contributed by atoms with van der Waals surface area (Å²) in [7, 11) is 0. The maximum absolute atomic E-state index is 13.0. The van der Waals surface area contributed by atoms with Crippen LogP contribution in [0.15, 0.2) is 29.3 Å². The lowest BCUT2D eigenvalue weighted by atomic mass is 9.84. The van der Waals surface area contributed by atoms with E-state index in [0.717, 1.165) is 27.4 Å². The monoisotopic (exact) mass is 346 g/mol. The number of aryl methyl sites for hydroxylation is 1. The van der Waals surface area contributed by atoms with Crippen molar-refractivity contribution < 1.29 is 9.90 Å². The normalized spacial score (nSPS) is 22.4. The molecule has 1 atom stereocenters. The summed E-state index contributed by atoms with van der Waals surface area (Å²) < 4.78 is 0. The number of aliphatic imine (C=N–C) groups is 1. The summed E-state index contributed by atoms with van der Waals surface area (Å²) in [5.41, 5.74) is 0.930. The molecule has 0 saturated heterocycles. The number of nitrogens with zero attached hydrogens (tertiary/aromatic N) is 1. The van der Waals surface area contributed by atoms with Gasteiger partial charge in [0.1, 0.15) is 10.8 Å². The molecule has 0 radical (unpaired) electrons. The van der Waals surface area contributed by atoms with Crippen LogP contribution in [-0.4, -0.2) is 28.9 Å². The van der Waals surface area contributed by atoms with Crippen molar-refractivity contribution in [3.63, 3.8) is 0 Å². The van der Waals surface area contributed by atoms with Crippen LogP contribution in [0.25, 0.3) is 11.1 Å². The second-order valence-electron chi connectivity index (χ2n) is 5.76. The van der Waals surface area contributed by atoms with Gasteiger partial charge in [-0.05, 0) is 24.1 Å². The van der Waals surface area contributed by atoms with Gasteiger partial charge < -0.3 is 10.4 Å². The van der Waals surface area contributed by atoms with E-state index >= 15 is 0 Å². The summed E-state index contributed by atoms with van der Waals surface area (Å²) in [5.74, 6) is 0.143. The van der Waals surface area contributed by atoms with Crippen molar-refractivity contribution in [2.24, 2.45) is 4.99 Å². The Balaban J connectivity index is 1.94. The number of carbonyl (C=O) groups excluding carboxylic acids is 1. The predicted molar refractivity (Wildman–Crippen MR) is 94.0 cm³/mol. The van der Waals surface area contributed by atoms with Crippen LogP contribution in [0, 0.1) is 0 Å². The zero-order valence-corrected chi connectivity index (χ0v) is 14.1. The highest BCUT2D eigenvalue weighted by molar-refractivity contribution is 7.17. The summed E-state index contributed by atoms with van der Waals surface area (Å²) in [6, 6.07) is 7.47. The molecule has 2 aromatic rings. The highest BCUT2D eigenvalue weighted by Crippen LogP contribution is 2.46. The van der Waals surface area contributed by atoms with Gasteiger partial charge in [-0.3, -0.25) is 9.79 Å². The summed E-state index contributed by atoms with van der Waals surface area (Å²) in [6.07, 6.45) is 1.15. The molecule has 2 N–H and O–H groups in total. The van der Waals surface area contributed by atoms with Gasteiger partial charge in [0.15, 0.2) is 5.60 Å². The summed E-state index contributed by atoms with van der Waals surface area (Å²) in [4.78, 5) is 18.4. The van der Waals surface area contributed by atoms with Crippen molar-refractivity contribution in [3.05, 3.63) is 39.7 Å². The van der Waals surface area contributed by atoms with E-state index in [-0.39, 0.29) is 5.78 Å². The highest BCUT2D eigenvalue weighted by Gasteiger charge is 2.50. The van der Waals surface area contributed by atoms with Crippen molar-refractivity contribution in [2.45, 2.75) is 25.4 Å². The molecule has 1 aromatic carbocycles. The number of amidine groups is 1. The first kappa shape index (κ1) is 14.9. The van der Waals surface area contributed by atoms with Gasteiger partial charge >= 0.3 is 0 Å². The quantitative estimate of drug-likeness (QED) is 0.870. The van der Waals surface area contributed by atoms with Crippen LogP contribution in [0.1, 0.15) is 28.6 Å². The second-order valence-corrected chi connectivity index (χ2v) is 7.30. The topological polar surface area (TPSA) is 61.7 Å². The molecule has 0 aliphatic carbocycles. The maximum Gasteiger partial charge on any atom is 0.205 e. The van der Waals surface area contributed by atoms with Gasteiger partial charge in [-0.2, -0.15) is 0 Å². The number of benzene rings is 1. The van der Waals surface area contributed by atoms with Crippen LogP contribution in [0.5, 0.6) is 0 Å². The fourth-order valence-corrected chi connectivity index (χ4v) is 4.49. The molecule has 2 aliphatic rings. The lowest BCUT2D eigenvalue weighted by molar-refractivity contribution is 0.0598. The Labute approximate surface area is 142 Å². The molecule has 2 aliphatic heterocycles. The first-order valence-corrected chi connectivity index (χ1v) is 8.74. The highest BCUT2D eigenvalue weighted by atomic mass is 35.5. The molecule has 4 nitrogen and oxygen atoms in total. The third kappa shape index (κ3) is 2.07. The van der Waals surface area contributed by atoms with Crippen LogP contribution < -0.4 is 5.32 Å². The fraction of sp³-hybridized carbons (Fsp3) is 0.294. The smallest absolute Gasteiger partial charge is 0.205 e. The average Bonchev–Trinajstić information content (AvgIpc) is 3.10. The Morgan fingerprint density at radius 1 is 1.35 bits per heavy atom. The van der Waals surface area contributed by atoms with Gasteiger partial charge in [-0.25, -0.2) is 0 Å². The molecule has 118 valence electrons. The number of halogens is 1. The summed E-state index contributed by atoms with van der Waals surface area (Å²) in [5, 5.41) is 15.4. The third-order valence-electron chi connectivity index (χ3n) is 4.41. The minimum absolute atomic E-state index is 0.247. The Kier molecular flexibility index (Phi) is 3.34. The van der Waals surface area contributed by atoms with Gasteiger partial charge in [-0.15, -0.1) is 11.3 Å². The number of nitrogens with one attached hydrogen (secondary N) is 1. The van der Waals surface area contributed by atoms with Gasteiger partial charge in [0.25, 0.3) is 0 Å². The molecular formula is C17H15ClN2O2S. The molecule has 0 amide bonds. The first-order valence-electron chi connectivity index (χ1n) is 7.55. The van der Waals surface area contributed by atoms with Crippen molar-refractivity contribution in [1.29, 1.82) is 0 Å². The lowest BCUT2D eigenvalue weighted by Gasteiger charge is -2.29. The number of ketones is 1. The van der Waals surface area contributed by atoms with E-state index in [0.29, 0.717) is 29.4 Å². The number of carbonyl (C=O) groups is 1. The Hall–Kier alpha value is -1.69.